The van der Waals surface area contributed by atoms with Gasteiger partial charge in [-0.2, -0.15) is 13.2 Å². The van der Waals surface area contributed by atoms with Gasteiger partial charge in [-0.05, 0) is 49.7 Å². The van der Waals surface area contributed by atoms with E-state index in [4.69, 9.17) is 21.1 Å². The fraction of sp³-hybridized carbons (Fsp3) is 0.350. The third-order valence-corrected chi connectivity index (χ3v) is 4.09. The minimum Gasteiger partial charge on any atom is -0.494 e. The van der Waals surface area contributed by atoms with E-state index in [0.717, 1.165) is 18.6 Å². The predicted octanol–water partition coefficient (Wildman–Crippen LogP) is 5.94. The van der Waals surface area contributed by atoms with E-state index in [-0.39, 0.29) is 17.9 Å². The van der Waals surface area contributed by atoms with Crippen LogP contribution in [-0.2, 0) is 17.5 Å². The molecular formula is C20H21ClF3NO3. The van der Waals surface area contributed by atoms with Gasteiger partial charge in [0.2, 0.25) is 0 Å². The Bertz CT molecular complexity index is 825. The average molecular weight is 416 g/mol. The molecule has 0 aliphatic heterocycles. The van der Waals surface area contributed by atoms with Crippen molar-refractivity contribution in [1.29, 1.82) is 0 Å². The number of nitrogens with one attached hydrogen (secondary N) is 1. The van der Waals surface area contributed by atoms with E-state index in [2.05, 4.69) is 5.32 Å². The molecule has 4 nitrogen and oxygen atoms in total. The number of carbonyl (C=O) groups is 1. The SMILES string of the molecule is CCCOCc1cc(C(=O)Nc2ccc(Cl)c(C(F)(F)F)c2)ccc1OCC. The first kappa shape index (κ1) is 22.0. The molecule has 2 rings (SSSR count). The van der Waals surface area contributed by atoms with Crippen molar-refractivity contribution in [1.82, 2.24) is 0 Å². The van der Waals surface area contributed by atoms with E-state index in [1.54, 1.807) is 18.2 Å². The van der Waals surface area contributed by atoms with Crippen LogP contribution in [-0.4, -0.2) is 19.1 Å². The van der Waals surface area contributed by atoms with Gasteiger partial charge in [0.1, 0.15) is 5.75 Å². The topological polar surface area (TPSA) is 47.6 Å². The van der Waals surface area contributed by atoms with Crippen LogP contribution in [0.2, 0.25) is 5.02 Å². The lowest BCUT2D eigenvalue weighted by Crippen LogP contribution is -2.14. The van der Waals surface area contributed by atoms with Crippen LogP contribution in [0.25, 0.3) is 0 Å². The summed E-state index contributed by atoms with van der Waals surface area (Å²) in [7, 11) is 0. The molecule has 0 aromatic heterocycles. The highest BCUT2D eigenvalue weighted by Gasteiger charge is 2.33. The Morgan fingerprint density at radius 1 is 1.14 bits per heavy atom. The lowest BCUT2D eigenvalue weighted by molar-refractivity contribution is -0.137. The zero-order valence-corrected chi connectivity index (χ0v) is 16.3. The van der Waals surface area contributed by atoms with E-state index >= 15 is 0 Å². The highest BCUT2D eigenvalue weighted by atomic mass is 35.5. The van der Waals surface area contributed by atoms with Crippen LogP contribution in [0.5, 0.6) is 5.75 Å². The standard InChI is InChI=1S/C20H21ClF3NO3/c1-3-9-27-12-14-10-13(5-8-18(14)28-4-2)19(26)25-15-6-7-17(21)16(11-15)20(22,23)24/h5-8,10-11H,3-4,9,12H2,1-2H3,(H,25,26). The number of benzene rings is 2. The van der Waals surface area contributed by atoms with Gasteiger partial charge in [0.15, 0.2) is 0 Å². The summed E-state index contributed by atoms with van der Waals surface area (Å²) in [4.78, 5) is 12.5. The monoisotopic (exact) mass is 415 g/mol. The van der Waals surface area contributed by atoms with E-state index < -0.39 is 22.7 Å². The van der Waals surface area contributed by atoms with Crippen LogP contribution in [0.4, 0.5) is 18.9 Å². The number of carbonyl (C=O) groups excluding carboxylic acids is 1. The molecule has 8 heteroatoms. The average Bonchev–Trinajstić information content (AvgIpc) is 2.64. The molecular weight excluding hydrogens is 395 g/mol. The highest BCUT2D eigenvalue weighted by Crippen LogP contribution is 2.36. The van der Waals surface area contributed by atoms with E-state index in [1.165, 1.54) is 6.07 Å². The molecule has 0 atom stereocenters. The molecule has 2 aromatic carbocycles. The van der Waals surface area contributed by atoms with Crippen molar-refractivity contribution < 1.29 is 27.4 Å². The van der Waals surface area contributed by atoms with Crippen LogP contribution < -0.4 is 10.1 Å². The van der Waals surface area contributed by atoms with Gasteiger partial charge in [-0.15, -0.1) is 0 Å². The number of alkyl halides is 3. The van der Waals surface area contributed by atoms with Gasteiger partial charge in [0, 0.05) is 23.4 Å². The Morgan fingerprint density at radius 3 is 2.54 bits per heavy atom. The third-order valence-electron chi connectivity index (χ3n) is 3.76. The first-order valence-corrected chi connectivity index (χ1v) is 9.15. The number of rotatable bonds is 8. The maximum Gasteiger partial charge on any atom is 0.417 e. The van der Waals surface area contributed by atoms with Gasteiger partial charge >= 0.3 is 6.18 Å². The van der Waals surface area contributed by atoms with E-state index in [9.17, 15) is 18.0 Å². The van der Waals surface area contributed by atoms with Crippen LogP contribution in [0.1, 0.15) is 41.8 Å². The Morgan fingerprint density at radius 2 is 1.89 bits per heavy atom. The summed E-state index contributed by atoms with van der Waals surface area (Å²) in [5, 5.41) is 2.04. The first-order chi connectivity index (χ1) is 13.3. The number of anilines is 1. The number of amides is 1. The smallest absolute Gasteiger partial charge is 0.417 e. The van der Waals surface area contributed by atoms with Crippen LogP contribution >= 0.6 is 11.6 Å². The molecule has 0 fully saturated rings. The largest absolute Gasteiger partial charge is 0.494 e. The van der Waals surface area contributed by atoms with Crippen LogP contribution in [0.15, 0.2) is 36.4 Å². The minimum atomic E-state index is -4.61. The fourth-order valence-corrected chi connectivity index (χ4v) is 2.70. The van der Waals surface area contributed by atoms with Crippen molar-refractivity contribution in [2.75, 3.05) is 18.5 Å². The van der Waals surface area contributed by atoms with Crippen molar-refractivity contribution in [3.05, 3.63) is 58.1 Å². The fourth-order valence-electron chi connectivity index (χ4n) is 2.48. The van der Waals surface area contributed by atoms with E-state index in [0.29, 0.717) is 24.5 Å². The summed E-state index contributed by atoms with van der Waals surface area (Å²) in [6.07, 6.45) is -3.76. The summed E-state index contributed by atoms with van der Waals surface area (Å²) >= 11 is 5.60. The second-order valence-electron chi connectivity index (χ2n) is 5.95. The number of hydrogen-bond donors (Lipinski definition) is 1. The number of halogens is 4. The Balaban J connectivity index is 2.23. The predicted molar refractivity (Wildman–Crippen MR) is 102 cm³/mol. The Hall–Kier alpha value is -2.25. The highest BCUT2D eigenvalue weighted by molar-refractivity contribution is 6.31. The van der Waals surface area contributed by atoms with Crippen molar-refractivity contribution >= 4 is 23.2 Å². The van der Waals surface area contributed by atoms with Crippen LogP contribution in [0.3, 0.4) is 0 Å². The summed E-state index contributed by atoms with van der Waals surface area (Å²) in [6, 6.07) is 8.02. The molecule has 0 spiro atoms. The van der Waals surface area contributed by atoms with Gasteiger partial charge in [0.25, 0.3) is 5.91 Å². The summed E-state index contributed by atoms with van der Waals surface area (Å²) in [6.45, 7) is 5.11. The molecule has 0 unspecified atom stereocenters. The molecule has 0 saturated carbocycles. The van der Waals surface area contributed by atoms with Gasteiger partial charge < -0.3 is 14.8 Å². The molecule has 0 saturated heterocycles. The molecule has 0 bridgehead atoms. The quantitative estimate of drug-likeness (QED) is 0.543. The second kappa shape index (κ2) is 9.80. The van der Waals surface area contributed by atoms with Crippen molar-refractivity contribution in [3.8, 4) is 5.75 Å². The maximum atomic E-state index is 13.0. The summed E-state index contributed by atoms with van der Waals surface area (Å²) < 4.78 is 50.0. The van der Waals surface area contributed by atoms with Crippen LogP contribution in [0, 0.1) is 0 Å². The lowest BCUT2D eigenvalue weighted by atomic mass is 10.1. The van der Waals surface area contributed by atoms with Gasteiger partial charge in [-0.1, -0.05) is 18.5 Å². The molecule has 0 aliphatic carbocycles. The van der Waals surface area contributed by atoms with Crippen molar-refractivity contribution in [3.63, 3.8) is 0 Å². The molecule has 0 radical (unpaired) electrons. The normalized spacial score (nSPS) is 11.4. The van der Waals surface area contributed by atoms with Gasteiger partial charge in [-0.3, -0.25) is 4.79 Å². The lowest BCUT2D eigenvalue weighted by Gasteiger charge is -2.14. The number of hydrogen-bond acceptors (Lipinski definition) is 3. The van der Waals surface area contributed by atoms with Crippen molar-refractivity contribution in [2.45, 2.75) is 33.1 Å². The zero-order chi connectivity index (χ0) is 20.7. The van der Waals surface area contributed by atoms with Gasteiger partial charge in [0.05, 0.1) is 23.8 Å². The molecule has 152 valence electrons. The summed E-state index contributed by atoms with van der Waals surface area (Å²) in [5.41, 5.74) is -0.0381. The van der Waals surface area contributed by atoms with E-state index in [1.807, 2.05) is 13.8 Å². The molecule has 0 heterocycles. The Kier molecular flexibility index (Phi) is 7.71. The summed E-state index contributed by atoms with van der Waals surface area (Å²) in [5.74, 6) is 0.0521. The zero-order valence-electron chi connectivity index (χ0n) is 15.5. The molecule has 0 aliphatic rings. The molecule has 28 heavy (non-hydrogen) atoms. The molecule has 2 aromatic rings. The van der Waals surface area contributed by atoms with Gasteiger partial charge in [-0.25, -0.2) is 0 Å². The maximum absolute atomic E-state index is 13.0. The molecule has 1 amide bonds. The number of ether oxygens (including phenoxy) is 2. The third kappa shape index (κ3) is 5.87. The first-order valence-electron chi connectivity index (χ1n) is 8.77. The second-order valence-corrected chi connectivity index (χ2v) is 6.36. The minimum absolute atomic E-state index is 0.000562. The molecule has 1 N–H and O–H groups in total. The van der Waals surface area contributed by atoms with Crippen molar-refractivity contribution in [2.24, 2.45) is 0 Å². The Labute approximate surface area is 166 Å².